The van der Waals surface area contributed by atoms with Crippen molar-refractivity contribution in [1.29, 1.82) is 0 Å². The van der Waals surface area contributed by atoms with Crippen molar-refractivity contribution in [3.8, 4) is 0 Å². The lowest BCUT2D eigenvalue weighted by molar-refractivity contribution is 0.00578. The highest BCUT2D eigenvalue weighted by Gasteiger charge is 2.52. The van der Waals surface area contributed by atoms with Gasteiger partial charge in [-0.2, -0.15) is 5.10 Å². The molecule has 0 aliphatic carbocycles. The molecule has 1 amide bonds. The molecule has 1 saturated heterocycles. The minimum absolute atomic E-state index is 0.316. The fourth-order valence-electron chi connectivity index (χ4n) is 4.11. The van der Waals surface area contributed by atoms with Crippen LogP contribution >= 0.6 is 0 Å². The number of carbonyl (C=O) groups is 1. The molecule has 1 aliphatic heterocycles. The van der Waals surface area contributed by atoms with Crippen LogP contribution in [-0.2, 0) is 25.3 Å². The summed E-state index contributed by atoms with van der Waals surface area (Å²) in [6.45, 7) is 16.8. The van der Waals surface area contributed by atoms with Crippen molar-refractivity contribution >= 4 is 18.7 Å². The van der Waals surface area contributed by atoms with E-state index in [2.05, 4.69) is 38.1 Å². The molecule has 0 saturated carbocycles. The van der Waals surface area contributed by atoms with Crippen molar-refractivity contribution in [3.05, 3.63) is 12.4 Å². The number of hydrogen-bond acceptors (Lipinski definition) is 6. The summed E-state index contributed by atoms with van der Waals surface area (Å²) in [5.74, 6) is 0. The maximum absolute atomic E-state index is 11.6. The molecular weight excluding hydrogens is 469 g/mol. The number of nitrogens with zero attached hydrogens (tertiary/aromatic N) is 2. The Labute approximate surface area is 225 Å². The first kappa shape index (κ1) is 31.6. The fraction of sp³-hybridized carbons (Fsp3) is 0.857. The molecule has 0 radical (unpaired) electrons. The molecule has 1 N–H and O–H groups in total. The van der Waals surface area contributed by atoms with Gasteiger partial charge in [0.05, 0.1) is 24.4 Å². The molecule has 37 heavy (non-hydrogen) atoms. The van der Waals surface area contributed by atoms with Crippen LogP contribution in [0.4, 0.5) is 4.79 Å². The smallest absolute Gasteiger partial charge is 0.444 e. The number of aromatic nitrogens is 2. The minimum atomic E-state index is -0.431. The Morgan fingerprint density at radius 2 is 1.46 bits per heavy atom. The SMILES string of the molecule is CC(C)(C)OC(=O)NCCCCCCCCCCCCOCCn1cc(B2OC(C)(C)C(C)(C)O2)cn1. The molecule has 2 rings (SSSR count). The average molecular weight is 522 g/mol. The van der Waals surface area contributed by atoms with E-state index in [-0.39, 0.29) is 24.4 Å². The highest BCUT2D eigenvalue weighted by Crippen LogP contribution is 2.36. The van der Waals surface area contributed by atoms with Crippen LogP contribution in [0.2, 0.25) is 0 Å². The van der Waals surface area contributed by atoms with Gasteiger partial charge in [0.15, 0.2) is 0 Å². The molecule has 0 spiro atoms. The van der Waals surface area contributed by atoms with Crippen LogP contribution in [0.25, 0.3) is 0 Å². The second-order valence-corrected chi connectivity index (χ2v) is 12.2. The summed E-state index contributed by atoms with van der Waals surface area (Å²) < 4.78 is 25.1. The van der Waals surface area contributed by atoms with Crippen molar-refractivity contribution < 1.29 is 23.6 Å². The van der Waals surface area contributed by atoms with Gasteiger partial charge in [0.2, 0.25) is 0 Å². The molecule has 2 heterocycles. The fourth-order valence-corrected chi connectivity index (χ4v) is 4.11. The number of amides is 1. The molecule has 1 aromatic rings. The molecule has 1 aromatic heterocycles. The van der Waals surface area contributed by atoms with Crippen molar-refractivity contribution in [2.45, 2.75) is 136 Å². The van der Waals surface area contributed by atoms with E-state index in [9.17, 15) is 4.79 Å². The quantitative estimate of drug-likeness (QED) is 0.212. The van der Waals surface area contributed by atoms with E-state index in [1.807, 2.05) is 37.8 Å². The van der Waals surface area contributed by atoms with E-state index < -0.39 is 5.60 Å². The predicted molar refractivity (Wildman–Crippen MR) is 149 cm³/mol. The summed E-state index contributed by atoms with van der Waals surface area (Å²) in [7, 11) is -0.368. The molecule has 1 aliphatic rings. The minimum Gasteiger partial charge on any atom is -0.444 e. The normalized spacial score (nSPS) is 16.8. The van der Waals surface area contributed by atoms with Crippen LogP contribution in [0.1, 0.15) is 113 Å². The Balaban J connectivity index is 1.36. The lowest BCUT2D eigenvalue weighted by Gasteiger charge is -2.32. The molecule has 0 unspecified atom stereocenters. The van der Waals surface area contributed by atoms with Gasteiger partial charge in [0.1, 0.15) is 5.60 Å². The molecule has 0 aromatic carbocycles. The standard InChI is InChI=1S/C28H52BN3O5/c1-26(2,3)35-25(33)30-18-16-14-12-10-8-9-11-13-15-17-20-34-21-19-32-23-24(22-31-32)29-36-27(4,5)28(6,7)37-29/h22-23H,8-21H2,1-7H3,(H,30,33). The number of alkyl carbamates (subject to hydrolysis) is 1. The van der Waals surface area contributed by atoms with Crippen LogP contribution in [0.5, 0.6) is 0 Å². The van der Waals surface area contributed by atoms with Crippen LogP contribution < -0.4 is 10.8 Å². The first-order valence-electron chi connectivity index (χ1n) is 14.3. The summed E-state index contributed by atoms with van der Waals surface area (Å²) in [4.78, 5) is 11.6. The zero-order valence-corrected chi connectivity index (χ0v) is 24.6. The molecule has 1 fully saturated rings. The molecule has 9 heteroatoms. The largest absolute Gasteiger partial charge is 0.498 e. The monoisotopic (exact) mass is 521 g/mol. The van der Waals surface area contributed by atoms with Crippen molar-refractivity contribution in [2.75, 3.05) is 19.8 Å². The maximum Gasteiger partial charge on any atom is 0.498 e. The van der Waals surface area contributed by atoms with Gasteiger partial charge in [0, 0.05) is 31.0 Å². The van der Waals surface area contributed by atoms with E-state index in [0.29, 0.717) is 13.2 Å². The third-order valence-electron chi connectivity index (χ3n) is 7.03. The zero-order chi connectivity index (χ0) is 27.4. The van der Waals surface area contributed by atoms with E-state index in [1.54, 1.807) is 0 Å². The molecule has 0 atom stereocenters. The summed E-state index contributed by atoms with van der Waals surface area (Å²) in [6.07, 6.45) is 15.7. The Morgan fingerprint density at radius 3 is 2.03 bits per heavy atom. The second-order valence-electron chi connectivity index (χ2n) is 12.2. The molecule has 8 nitrogen and oxygen atoms in total. The lowest BCUT2D eigenvalue weighted by atomic mass is 9.82. The Morgan fingerprint density at radius 1 is 0.919 bits per heavy atom. The third kappa shape index (κ3) is 12.2. The van der Waals surface area contributed by atoms with Gasteiger partial charge in [-0.1, -0.05) is 51.4 Å². The van der Waals surface area contributed by atoms with Crippen LogP contribution in [0.15, 0.2) is 12.4 Å². The van der Waals surface area contributed by atoms with Gasteiger partial charge >= 0.3 is 13.2 Å². The Kier molecular flexibility index (Phi) is 12.9. The highest BCUT2D eigenvalue weighted by atomic mass is 16.7. The van der Waals surface area contributed by atoms with E-state index in [0.717, 1.165) is 37.9 Å². The number of ether oxygens (including phenoxy) is 2. The van der Waals surface area contributed by atoms with Crippen molar-refractivity contribution in [1.82, 2.24) is 15.1 Å². The second kappa shape index (κ2) is 15.1. The number of nitrogens with one attached hydrogen (secondary N) is 1. The van der Waals surface area contributed by atoms with Crippen molar-refractivity contribution in [2.24, 2.45) is 0 Å². The Bertz CT molecular complexity index is 775. The van der Waals surface area contributed by atoms with Crippen LogP contribution in [0.3, 0.4) is 0 Å². The number of unbranched alkanes of at least 4 members (excludes halogenated alkanes) is 9. The Hall–Kier alpha value is -1.58. The van der Waals surface area contributed by atoms with E-state index in [4.69, 9.17) is 18.8 Å². The summed E-state index contributed by atoms with van der Waals surface area (Å²) in [6, 6.07) is 0. The predicted octanol–water partition coefficient (Wildman–Crippen LogP) is 5.62. The zero-order valence-electron chi connectivity index (χ0n) is 24.6. The van der Waals surface area contributed by atoms with Crippen LogP contribution in [-0.4, -0.2) is 59.6 Å². The van der Waals surface area contributed by atoms with E-state index in [1.165, 1.54) is 44.9 Å². The van der Waals surface area contributed by atoms with Crippen molar-refractivity contribution in [3.63, 3.8) is 0 Å². The van der Waals surface area contributed by atoms with Gasteiger partial charge in [-0.15, -0.1) is 0 Å². The maximum atomic E-state index is 11.6. The van der Waals surface area contributed by atoms with Gasteiger partial charge in [-0.3, -0.25) is 4.68 Å². The first-order chi connectivity index (χ1) is 17.4. The number of carbonyl (C=O) groups excluding carboxylic acids is 1. The first-order valence-corrected chi connectivity index (χ1v) is 14.3. The topological polar surface area (TPSA) is 83.8 Å². The molecule has 212 valence electrons. The summed E-state index contributed by atoms with van der Waals surface area (Å²) >= 11 is 0. The third-order valence-corrected chi connectivity index (χ3v) is 7.03. The number of rotatable bonds is 17. The van der Waals surface area contributed by atoms with Gasteiger partial charge in [0.25, 0.3) is 0 Å². The molecular formula is C28H52BN3O5. The average Bonchev–Trinajstić information content (AvgIpc) is 3.33. The van der Waals surface area contributed by atoms with Gasteiger partial charge in [-0.05, 0) is 61.3 Å². The van der Waals surface area contributed by atoms with E-state index >= 15 is 0 Å². The molecule has 0 bridgehead atoms. The summed E-state index contributed by atoms with van der Waals surface area (Å²) in [5, 5.41) is 7.26. The lowest BCUT2D eigenvalue weighted by Crippen LogP contribution is -2.41. The van der Waals surface area contributed by atoms with Crippen LogP contribution in [0, 0.1) is 0 Å². The number of hydrogen-bond donors (Lipinski definition) is 1. The van der Waals surface area contributed by atoms with Gasteiger partial charge in [-0.25, -0.2) is 4.79 Å². The van der Waals surface area contributed by atoms with Gasteiger partial charge < -0.3 is 24.1 Å². The summed E-state index contributed by atoms with van der Waals surface area (Å²) in [5.41, 5.74) is -0.160. The highest BCUT2D eigenvalue weighted by molar-refractivity contribution is 6.61.